The van der Waals surface area contributed by atoms with Crippen molar-refractivity contribution in [2.45, 2.75) is 37.5 Å². The molecule has 1 heterocycles. The highest BCUT2D eigenvalue weighted by Crippen LogP contribution is 2.19. The first-order valence-electron chi connectivity index (χ1n) is 6.13. The van der Waals surface area contributed by atoms with Gasteiger partial charge in [0.25, 0.3) is 5.03 Å². The van der Waals surface area contributed by atoms with Crippen LogP contribution >= 0.6 is 11.8 Å². The molecule has 1 aromatic rings. The summed E-state index contributed by atoms with van der Waals surface area (Å²) in [4.78, 5) is 11.8. The van der Waals surface area contributed by atoms with E-state index in [1.165, 1.54) is 18.0 Å². The SMILES string of the molecule is CC(C)CCNC(=O)C(C)Sc1cccc[n+]1[O-]. The van der Waals surface area contributed by atoms with Crippen LogP contribution in [0.5, 0.6) is 0 Å². The largest absolute Gasteiger partial charge is 0.618 e. The monoisotopic (exact) mass is 268 g/mol. The number of hydrogen-bond donors (Lipinski definition) is 1. The predicted molar refractivity (Wildman–Crippen MR) is 73.2 cm³/mol. The third-order valence-corrected chi connectivity index (χ3v) is 3.60. The van der Waals surface area contributed by atoms with Crippen molar-refractivity contribution in [2.75, 3.05) is 6.54 Å². The number of nitrogens with zero attached hydrogens (tertiary/aromatic N) is 1. The molecule has 0 aliphatic rings. The van der Waals surface area contributed by atoms with Gasteiger partial charge >= 0.3 is 0 Å². The maximum absolute atomic E-state index is 11.8. The Morgan fingerprint density at radius 1 is 1.44 bits per heavy atom. The van der Waals surface area contributed by atoms with Crippen LogP contribution in [0.25, 0.3) is 0 Å². The van der Waals surface area contributed by atoms with E-state index in [4.69, 9.17) is 0 Å². The van der Waals surface area contributed by atoms with Gasteiger partial charge in [0, 0.05) is 18.7 Å². The molecule has 0 spiro atoms. The number of aromatic nitrogens is 1. The summed E-state index contributed by atoms with van der Waals surface area (Å²) in [5, 5.41) is 14.6. The molecule has 1 N–H and O–H groups in total. The van der Waals surface area contributed by atoms with E-state index in [1.807, 2.05) is 6.92 Å². The summed E-state index contributed by atoms with van der Waals surface area (Å²) in [6.07, 6.45) is 2.40. The van der Waals surface area contributed by atoms with E-state index >= 15 is 0 Å². The van der Waals surface area contributed by atoms with Crippen LogP contribution in [0.15, 0.2) is 29.4 Å². The zero-order valence-corrected chi connectivity index (χ0v) is 11.9. The molecule has 0 radical (unpaired) electrons. The first-order chi connectivity index (χ1) is 8.50. The minimum absolute atomic E-state index is 0.0236. The van der Waals surface area contributed by atoms with Crippen LogP contribution in [-0.4, -0.2) is 17.7 Å². The van der Waals surface area contributed by atoms with Gasteiger partial charge < -0.3 is 10.5 Å². The molecule has 4 nitrogen and oxygen atoms in total. The zero-order chi connectivity index (χ0) is 13.5. The van der Waals surface area contributed by atoms with Crippen molar-refractivity contribution in [3.63, 3.8) is 0 Å². The number of carbonyl (C=O) groups excluding carboxylic acids is 1. The molecule has 1 rings (SSSR count). The summed E-state index contributed by atoms with van der Waals surface area (Å²) < 4.78 is 0.780. The summed E-state index contributed by atoms with van der Waals surface area (Å²) in [7, 11) is 0. The van der Waals surface area contributed by atoms with Crippen molar-refractivity contribution >= 4 is 17.7 Å². The number of carbonyl (C=O) groups is 1. The Balaban J connectivity index is 2.43. The van der Waals surface area contributed by atoms with E-state index < -0.39 is 0 Å². The Hall–Kier alpha value is -1.23. The number of hydrogen-bond acceptors (Lipinski definition) is 3. The lowest BCUT2D eigenvalue weighted by Gasteiger charge is -2.12. The number of amides is 1. The fourth-order valence-electron chi connectivity index (χ4n) is 1.37. The number of pyridine rings is 1. The standard InChI is InChI=1S/C13H20N2O2S/c1-10(2)7-8-14-13(16)11(3)18-12-6-4-5-9-15(12)17/h4-6,9-11H,7-8H2,1-3H3,(H,14,16). The Morgan fingerprint density at radius 2 is 2.17 bits per heavy atom. The summed E-state index contributed by atoms with van der Waals surface area (Å²) in [6.45, 7) is 6.74. The van der Waals surface area contributed by atoms with Crippen molar-refractivity contribution in [2.24, 2.45) is 5.92 Å². The molecular weight excluding hydrogens is 248 g/mol. The highest BCUT2D eigenvalue weighted by atomic mass is 32.2. The van der Waals surface area contributed by atoms with E-state index in [9.17, 15) is 10.0 Å². The van der Waals surface area contributed by atoms with Crippen LogP contribution in [0.3, 0.4) is 0 Å². The molecule has 1 unspecified atom stereocenters. The molecule has 0 fully saturated rings. The highest BCUT2D eigenvalue weighted by molar-refractivity contribution is 8.00. The quantitative estimate of drug-likeness (QED) is 0.487. The van der Waals surface area contributed by atoms with Gasteiger partial charge in [-0.2, -0.15) is 4.73 Å². The van der Waals surface area contributed by atoms with Crippen molar-refractivity contribution in [1.29, 1.82) is 0 Å². The summed E-state index contributed by atoms with van der Waals surface area (Å²) in [6, 6.07) is 5.18. The molecule has 100 valence electrons. The average molecular weight is 268 g/mol. The topological polar surface area (TPSA) is 56.0 Å². The third kappa shape index (κ3) is 4.96. The van der Waals surface area contributed by atoms with Crippen LogP contribution in [0.2, 0.25) is 0 Å². The minimum Gasteiger partial charge on any atom is -0.618 e. The van der Waals surface area contributed by atoms with E-state index in [2.05, 4.69) is 19.2 Å². The van der Waals surface area contributed by atoms with Gasteiger partial charge in [0.1, 0.15) is 0 Å². The third-order valence-electron chi connectivity index (χ3n) is 2.48. The number of nitrogens with one attached hydrogen (secondary N) is 1. The smallest absolute Gasteiger partial charge is 0.252 e. The molecule has 0 bridgehead atoms. The van der Waals surface area contributed by atoms with Gasteiger partial charge in [0.05, 0.1) is 5.25 Å². The van der Waals surface area contributed by atoms with E-state index in [1.54, 1.807) is 18.2 Å². The molecule has 0 aliphatic heterocycles. The Morgan fingerprint density at radius 3 is 2.78 bits per heavy atom. The van der Waals surface area contributed by atoms with Crippen LogP contribution in [0.4, 0.5) is 0 Å². The molecular formula is C13H20N2O2S. The lowest BCUT2D eigenvalue weighted by atomic mass is 10.1. The molecule has 5 heteroatoms. The Bertz CT molecular complexity index is 396. The zero-order valence-electron chi connectivity index (χ0n) is 11.1. The molecule has 0 aromatic carbocycles. The first-order valence-corrected chi connectivity index (χ1v) is 7.01. The Kier molecular flexibility index (Phi) is 5.98. The van der Waals surface area contributed by atoms with Crippen molar-refractivity contribution in [3.05, 3.63) is 29.6 Å². The highest BCUT2D eigenvalue weighted by Gasteiger charge is 2.18. The average Bonchev–Trinajstić information content (AvgIpc) is 2.31. The summed E-state index contributed by atoms with van der Waals surface area (Å²) in [5.41, 5.74) is 0. The van der Waals surface area contributed by atoms with Crippen molar-refractivity contribution in [3.8, 4) is 0 Å². The van der Waals surface area contributed by atoms with Gasteiger partial charge in [0.2, 0.25) is 5.91 Å². The second-order valence-corrected chi connectivity index (χ2v) is 5.96. The normalized spacial score (nSPS) is 12.4. The summed E-state index contributed by atoms with van der Waals surface area (Å²) >= 11 is 1.28. The molecule has 1 aromatic heterocycles. The molecule has 0 aliphatic carbocycles. The number of rotatable bonds is 6. The van der Waals surface area contributed by atoms with E-state index in [0.717, 1.165) is 11.2 Å². The minimum atomic E-state index is -0.264. The van der Waals surface area contributed by atoms with E-state index in [-0.39, 0.29) is 11.2 Å². The van der Waals surface area contributed by atoms with E-state index in [0.29, 0.717) is 17.5 Å². The fraction of sp³-hybridized carbons (Fsp3) is 0.538. The van der Waals surface area contributed by atoms with Gasteiger partial charge in [-0.05, 0) is 37.1 Å². The van der Waals surface area contributed by atoms with Crippen LogP contribution in [0, 0.1) is 11.1 Å². The van der Waals surface area contributed by atoms with Gasteiger partial charge in [-0.25, -0.2) is 0 Å². The van der Waals surface area contributed by atoms with Gasteiger partial charge in [-0.1, -0.05) is 13.8 Å². The molecule has 1 atom stereocenters. The summed E-state index contributed by atoms with van der Waals surface area (Å²) in [5.74, 6) is 0.552. The van der Waals surface area contributed by atoms with Gasteiger partial charge in [-0.3, -0.25) is 4.79 Å². The van der Waals surface area contributed by atoms with Crippen molar-refractivity contribution < 1.29 is 9.52 Å². The fourth-order valence-corrected chi connectivity index (χ4v) is 2.24. The maximum Gasteiger partial charge on any atom is 0.252 e. The lowest BCUT2D eigenvalue weighted by molar-refractivity contribution is -0.645. The molecule has 18 heavy (non-hydrogen) atoms. The lowest BCUT2D eigenvalue weighted by Crippen LogP contribution is -2.34. The second kappa shape index (κ2) is 7.26. The Labute approximate surface area is 112 Å². The predicted octanol–water partition coefficient (Wildman–Crippen LogP) is 1.96. The van der Waals surface area contributed by atoms with Crippen molar-refractivity contribution in [1.82, 2.24) is 5.32 Å². The molecule has 1 amide bonds. The first kappa shape index (κ1) is 14.8. The second-order valence-electron chi connectivity index (χ2n) is 4.60. The van der Waals surface area contributed by atoms with Crippen LogP contribution < -0.4 is 10.0 Å². The number of thioether (sulfide) groups is 1. The van der Waals surface area contributed by atoms with Crippen LogP contribution in [0.1, 0.15) is 27.2 Å². The van der Waals surface area contributed by atoms with Gasteiger partial charge in [0.15, 0.2) is 6.20 Å². The maximum atomic E-state index is 11.8. The van der Waals surface area contributed by atoms with Gasteiger partial charge in [-0.15, -0.1) is 0 Å². The van der Waals surface area contributed by atoms with Crippen LogP contribution in [-0.2, 0) is 4.79 Å². The molecule has 0 saturated heterocycles. The molecule has 0 saturated carbocycles.